The van der Waals surface area contributed by atoms with Crippen molar-refractivity contribution < 1.29 is 152 Å². The van der Waals surface area contributed by atoms with Crippen LogP contribution in [-0.2, 0) is 4.74 Å². The Labute approximate surface area is 211 Å². The molecule has 11 heteroatoms. The van der Waals surface area contributed by atoms with Crippen LogP contribution >= 0.6 is 11.6 Å². The largest absolute Gasteiger partial charge is 0.394 e. The van der Waals surface area contributed by atoms with Crippen molar-refractivity contribution in [1.29, 1.82) is 0 Å². The molecule has 1 saturated heterocycles. The topological polar surface area (TPSA) is 119 Å². The summed E-state index contributed by atoms with van der Waals surface area (Å²) in [5.74, 6) is 0. The number of hydrogen-bond acceptors (Lipinski definition) is 5. The maximum absolute atomic E-state index is 9.45. The second kappa shape index (κ2) is 13.4. The van der Waals surface area contributed by atoms with Gasteiger partial charge in [-0.15, -0.1) is 0 Å². The van der Waals surface area contributed by atoms with Gasteiger partial charge in [0.15, 0.2) is 0 Å². The summed E-state index contributed by atoms with van der Waals surface area (Å²) >= 11 is 5.63. The van der Waals surface area contributed by atoms with Crippen LogP contribution < -0.4 is 0 Å². The number of aliphatic hydroxyl groups excluding tert-OH is 3. The Hall–Kier alpha value is 3.76. The average Bonchev–Trinajstić information content (AvgIpc) is 2.18. The van der Waals surface area contributed by atoms with Crippen LogP contribution in [0.2, 0.25) is 0 Å². The van der Waals surface area contributed by atoms with E-state index in [1.54, 1.807) is 0 Å². The second-order valence-corrected chi connectivity index (χ2v) is 3.32. The van der Waals surface area contributed by atoms with E-state index in [4.69, 9.17) is 27.0 Å². The third kappa shape index (κ3) is 7.54. The van der Waals surface area contributed by atoms with Crippen LogP contribution in [0.25, 0.3) is 10.4 Å². The quantitative estimate of drug-likeness (QED) is 0.148. The van der Waals surface area contributed by atoms with Crippen LogP contribution in [0.4, 0.5) is 0 Å². The number of hydrogen-bond donors (Lipinski definition) is 3. The molecule has 17 heavy (non-hydrogen) atoms. The van der Waals surface area contributed by atoms with Gasteiger partial charge in [-0.25, -0.2) is 0 Å². The van der Waals surface area contributed by atoms with Gasteiger partial charge in [0, 0.05) is 137 Å². The predicted molar refractivity (Wildman–Crippen MR) is 46.5 cm³/mol. The molecule has 0 aliphatic carbocycles. The maximum atomic E-state index is 9.45. The first-order valence-electron chi connectivity index (χ1n) is 3.92. The van der Waals surface area contributed by atoms with E-state index in [2.05, 4.69) is 10.0 Å². The summed E-state index contributed by atoms with van der Waals surface area (Å²) in [6.07, 6.45) is -3.61. The molecule has 0 aromatic heterocycles. The van der Waals surface area contributed by atoms with Gasteiger partial charge in [-0.05, 0) is 5.53 Å². The van der Waals surface area contributed by atoms with E-state index in [9.17, 15) is 10.2 Å². The molecule has 7 nitrogen and oxygen atoms in total. The van der Waals surface area contributed by atoms with Gasteiger partial charge in [0.25, 0.3) is 0 Å². The molecule has 89 valence electrons. The molecule has 0 aromatic rings. The Kier molecular flexibility index (Phi) is 20.3. The molecule has 0 bridgehead atoms. The Morgan fingerprint density at radius 1 is 1.24 bits per heavy atom. The molecule has 0 spiro atoms. The molecule has 1 heterocycles. The van der Waals surface area contributed by atoms with Gasteiger partial charge in [-0.1, -0.05) is 16.7 Å². The van der Waals surface area contributed by atoms with Crippen LogP contribution in [0.1, 0.15) is 0 Å². The van der Waals surface area contributed by atoms with Gasteiger partial charge in [0.05, 0.1) is 12.7 Å². The number of nitrogens with zero attached hydrogens (tertiary/aromatic N) is 3. The zero-order valence-corrected chi connectivity index (χ0v) is 23.8. The van der Waals surface area contributed by atoms with Crippen molar-refractivity contribution in [1.82, 2.24) is 0 Å². The Balaban J connectivity index is -0.000000653. The first kappa shape index (κ1) is 25.7. The Morgan fingerprint density at radius 3 is 2.18 bits per heavy atom. The summed E-state index contributed by atoms with van der Waals surface area (Å²) in [7, 11) is 0. The third-order valence-electron chi connectivity index (χ3n) is 2.02. The molecular formula is C6H10Ac3ClN3O4. The number of rotatable bonds is 2. The van der Waals surface area contributed by atoms with Gasteiger partial charge in [0.2, 0.25) is 0 Å². The van der Waals surface area contributed by atoms with Gasteiger partial charge < -0.3 is 20.1 Å². The molecule has 5 atom stereocenters. The first-order chi connectivity index (χ1) is 6.61. The molecule has 1 fully saturated rings. The van der Waals surface area contributed by atoms with E-state index < -0.39 is 36.5 Å². The summed E-state index contributed by atoms with van der Waals surface area (Å²) in [4.78, 5) is 2.47. The predicted octanol–water partition coefficient (Wildman–Crippen LogP) is -0.657. The number of alkyl halides is 1. The summed E-state index contributed by atoms with van der Waals surface area (Å²) < 4.78 is 4.92. The molecule has 0 amide bonds. The zero-order chi connectivity index (χ0) is 10.7. The van der Waals surface area contributed by atoms with Gasteiger partial charge >= 0.3 is 0 Å². The van der Waals surface area contributed by atoms with Gasteiger partial charge in [-0.3, -0.25) is 0 Å². The Morgan fingerprint density at radius 2 is 1.76 bits per heavy atom. The van der Waals surface area contributed by atoms with Gasteiger partial charge in [0.1, 0.15) is 23.8 Å². The fourth-order valence-electron chi connectivity index (χ4n) is 1.24. The van der Waals surface area contributed by atoms with Crippen LogP contribution in [0, 0.1) is 132 Å². The molecule has 1 aliphatic heterocycles. The maximum Gasteiger partial charge on any atom is 0.142 e. The van der Waals surface area contributed by atoms with Crippen LogP contribution in [0.3, 0.4) is 0 Å². The molecule has 0 saturated carbocycles. The number of halogens is 1. The number of azide groups is 1. The van der Waals surface area contributed by atoms with E-state index >= 15 is 0 Å². The summed E-state index contributed by atoms with van der Waals surface area (Å²) in [5, 5.41) is 30.8. The first-order valence-corrected chi connectivity index (χ1v) is 4.36. The van der Waals surface area contributed by atoms with E-state index in [-0.39, 0.29) is 132 Å². The van der Waals surface area contributed by atoms with E-state index in [1.807, 2.05) is 0 Å². The van der Waals surface area contributed by atoms with Crippen molar-refractivity contribution >= 4 is 11.6 Å². The normalized spacial score (nSPS) is 35.4. The minimum atomic E-state index is -1.33. The van der Waals surface area contributed by atoms with Crippen molar-refractivity contribution in [3.8, 4) is 0 Å². The van der Waals surface area contributed by atoms with Crippen LogP contribution in [-0.4, -0.2) is 51.8 Å². The molecular weight excluding hydrogens is 895 g/mol. The second-order valence-electron chi connectivity index (χ2n) is 2.88. The minimum absolute atomic E-state index is 0. The number of ether oxygens (including phenoxy) is 1. The fourth-order valence-corrected chi connectivity index (χ4v) is 1.57. The fraction of sp³-hybridized carbons (Fsp3) is 1.00. The summed E-state index contributed by atoms with van der Waals surface area (Å²) in [5.41, 5.74) is 7.11. The van der Waals surface area contributed by atoms with E-state index in [1.165, 1.54) is 0 Å². The molecule has 3 N–H and O–H groups in total. The monoisotopic (exact) mass is 904 g/mol. The molecule has 1 aliphatic rings. The van der Waals surface area contributed by atoms with Crippen molar-refractivity contribution in [2.24, 2.45) is 5.11 Å². The standard InChI is InChI=1S/C6H10ClN3O4.3Ac/c7-6-3(9-10-8)5(13)4(12)2(1-11)14-6;;;/h2-6,11-13H,1H2;;;/t2?,3-,4-,5?,6+;;;/m0.../s1. The molecule has 3 radical (unpaired) electrons. The van der Waals surface area contributed by atoms with Crippen molar-refractivity contribution in [2.45, 2.75) is 29.9 Å². The molecule has 1 rings (SSSR count). The average molecular weight is 905 g/mol. The SMILES string of the molecule is [Ac].[Ac].[Ac].[N-]=[N+]=N[C@H]1C(O)[C@@H](O)C(CO)O[C@H]1Cl. The minimum Gasteiger partial charge on any atom is -0.394 e. The molecule has 2 unspecified atom stereocenters. The summed E-state index contributed by atoms with van der Waals surface area (Å²) in [6.45, 7) is -0.468. The smallest absolute Gasteiger partial charge is 0.142 e. The third-order valence-corrected chi connectivity index (χ3v) is 2.38. The zero-order valence-electron chi connectivity index (χ0n) is 8.80. The van der Waals surface area contributed by atoms with Crippen molar-refractivity contribution in [2.75, 3.05) is 6.61 Å². The number of aliphatic hydroxyl groups is 3. The molecule has 0 aromatic carbocycles. The van der Waals surface area contributed by atoms with Crippen LogP contribution in [0.15, 0.2) is 5.11 Å². The van der Waals surface area contributed by atoms with E-state index in [0.717, 1.165) is 0 Å². The van der Waals surface area contributed by atoms with E-state index in [0.29, 0.717) is 0 Å². The van der Waals surface area contributed by atoms with Gasteiger partial charge in [-0.2, -0.15) is 0 Å². The summed E-state index contributed by atoms with van der Waals surface area (Å²) in [6, 6.07) is -1.06. The van der Waals surface area contributed by atoms with Crippen molar-refractivity contribution in [3.05, 3.63) is 10.4 Å². The Bertz CT molecular complexity index is 259. The van der Waals surface area contributed by atoms with Crippen molar-refractivity contribution in [3.63, 3.8) is 0 Å². The van der Waals surface area contributed by atoms with Crippen LogP contribution in [0.5, 0.6) is 0 Å².